The van der Waals surface area contributed by atoms with Crippen LogP contribution < -0.4 is 5.32 Å². The van der Waals surface area contributed by atoms with Gasteiger partial charge in [0, 0.05) is 17.5 Å². The Bertz CT molecular complexity index is 964. The Hall–Kier alpha value is -1.66. The molecule has 34 heavy (non-hydrogen) atoms. The molecule has 0 radical (unpaired) electrons. The molecule has 2 aromatic carbocycles. The van der Waals surface area contributed by atoms with E-state index in [0.717, 1.165) is 29.5 Å². The van der Waals surface area contributed by atoms with Gasteiger partial charge in [0.2, 0.25) is 5.67 Å². The molecule has 0 spiro atoms. The zero-order chi connectivity index (χ0) is 23.9. The first-order chi connectivity index (χ1) is 15.5. The van der Waals surface area contributed by atoms with Crippen molar-refractivity contribution in [2.45, 2.75) is 94.6 Å². The SMILES string of the molecule is C1CCC1.C[C@H]1CC2(Cc3ccc(F)cc3)c3ccc(C(C)(F)C(F)(F)F)cc3CCC2N1.Cl. The number of alkyl halides is 4. The van der Waals surface area contributed by atoms with Crippen molar-refractivity contribution in [2.75, 3.05) is 0 Å². The number of nitrogens with one attached hydrogen (secondary N) is 1. The molecular formula is C27H33ClF5N. The second kappa shape index (κ2) is 10.1. The van der Waals surface area contributed by atoms with E-state index in [1.165, 1.54) is 49.9 Å². The van der Waals surface area contributed by atoms with Gasteiger partial charge in [0.1, 0.15) is 5.82 Å². The minimum atomic E-state index is -4.96. The summed E-state index contributed by atoms with van der Waals surface area (Å²) < 4.78 is 67.5. The van der Waals surface area contributed by atoms with Gasteiger partial charge in [-0.05, 0) is 73.9 Å². The third-order valence-electron chi connectivity index (χ3n) is 7.67. The standard InChI is InChI=1S/C23H24F5N.C4H8.ClH/c1-14-12-22(13-15-3-7-18(24)8-4-15)19-9-6-17(21(2,25)23(26,27)28)11-16(19)5-10-20(22)29-14;1-2-4-3-1;/h3-4,6-9,11,14,20,29H,5,10,12-13H2,1-2H3;1-4H2;1H/t14-,20?,21?,22?;;/m0../s1. The molecule has 1 aliphatic heterocycles. The maximum atomic E-state index is 14.5. The molecule has 1 nitrogen and oxygen atoms in total. The van der Waals surface area contributed by atoms with E-state index in [9.17, 15) is 22.0 Å². The first-order valence-corrected chi connectivity index (χ1v) is 11.9. The van der Waals surface area contributed by atoms with Gasteiger partial charge >= 0.3 is 6.18 Å². The number of hydrogen-bond acceptors (Lipinski definition) is 1. The Labute approximate surface area is 204 Å². The Morgan fingerprint density at radius 1 is 0.971 bits per heavy atom. The Morgan fingerprint density at radius 3 is 2.15 bits per heavy atom. The number of aryl methyl sites for hydroxylation is 1. The van der Waals surface area contributed by atoms with Crippen LogP contribution in [0.3, 0.4) is 0 Å². The van der Waals surface area contributed by atoms with E-state index < -0.39 is 11.8 Å². The van der Waals surface area contributed by atoms with Gasteiger partial charge in [-0.2, -0.15) is 13.2 Å². The van der Waals surface area contributed by atoms with Crippen LogP contribution in [-0.2, 0) is 23.9 Å². The van der Waals surface area contributed by atoms with Gasteiger partial charge in [-0.3, -0.25) is 0 Å². The lowest BCUT2D eigenvalue weighted by Gasteiger charge is -2.42. The molecule has 3 unspecified atom stereocenters. The highest BCUT2D eigenvalue weighted by Gasteiger charge is 2.54. The van der Waals surface area contributed by atoms with E-state index >= 15 is 0 Å². The third kappa shape index (κ3) is 5.13. The van der Waals surface area contributed by atoms with E-state index in [1.807, 2.05) is 0 Å². The van der Waals surface area contributed by atoms with Crippen LogP contribution in [0.15, 0.2) is 42.5 Å². The minimum absolute atomic E-state index is 0. The van der Waals surface area contributed by atoms with Gasteiger partial charge < -0.3 is 5.32 Å². The lowest BCUT2D eigenvalue weighted by Crippen LogP contribution is -2.46. The first kappa shape index (κ1) is 26.9. The summed E-state index contributed by atoms with van der Waals surface area (Å²) in [7, 11) is 0. The number of hydrogen-bond donors (Lipinski definition) is 1. The zero-order valence-corrected chi connectivity index (χ0v) is 20.5. The summed E-state index contributed by atoms with van der Waals surface area (Å²) in [5.41, 5.74) is -1.28. The summed E-state index contributed by atoms with van der Waals surface area (Å²) >= 11 is 0. The molecule has 1 heterocycles. The van der Waals surface area contributed by atoms with E-state index in [4.69, 9.17) is 0 Å². The molecule has 0 amide bonds. The second-order valence-corrected chi connectivity index (χ2v) is 10.1. The fourth-order valence-electron chi connectivity index (χ4n) is 5.46. The zero-order valence-electron chi connectivity index (χ0n) is 19.7. The summed E-state index contributed by atoms with van der Waals surface area (Å²) in [4.78, 5) is 0. The molecule has 3 aliphatic rings. The van der Waals surface area contributed by atoms with Crippen molar-refractivity contribution in [1.29, 1.82) is 0 Å². The van der Waals surface area contributed by atoms with Crippen LogP contribution in [-0.4, -0.2) is 18.3 Å². The van der Waals surface area contributed by atoms with Crippen LogP contribution in [0.2, 0.25) is 0 Å². The van der Waals surface area contributed by atoms with Gasteiger partial charge in [0.25, 0.3) is 0 Å². The highest BCUT2D eigenvalue weighted by molar-refractivity contribution is 5.85. The molecule has 1 saturated carbocycles. The number of rotatable bonds is 3. The smallest absolute Gasteiger partial charge is 0.311 e. The molecule has 4 atom stereocenters. The molecule has 1 N–H and O–H groups in total. The predicted molar refractivity (Wildman–Crippen MR) is 128 cm³/mol. The average molecular weight is 502 g/mol. The number of fused-ring (bicyclic) bond motifs is 3. The highest BCUT2D eigenvalue weighted by Crippen LogP contribution is 2.49. The fraction of sp³-hybridized carbons (Fsp3) is 0.556. The highest BCUT2D eigenvalue weighted by atomic mass is 35.5. The molecule has 2 aromatic rings. The van der Waals surface area contributed by atoms with Crippen LogP contribution in [0.4, 0.5) is 22.0 Å². The van der Waals surface area contributed by atoms with Crippen LogP contribution >= 0.6 is 12.4 Å². The quantitative estimate of drug-likeness (QED) is 0.424. The Balaban J connectivity index is 0.000000588. The molecule has 188 valence electrons. The van der Waals surface area contributed by atoms with Gasteiger partial charge in [0.15, 0.2) is 0 Å². The van der Waals surface area contributed by atoms with Crippen LogP contribution in [0.1, 0.15) is 74.6 Å². The molecule has 0 bridgehead atoms. The van der Waals surface area contributed by atoms with Gasteiger partial charge in [-0.15, -0.1) is 12.4 Å². The Kier molecular flexibility index (Phi) is 8.03. The van der Waals surface area contributed by atoms with Crippen molar-refractivity contribution in [1.82, 2.24) is 5.32 Å². The third-order valence-corrected chi connectivity index (χ3v) is 7.67. The summed E-state index contributed by atoms with van der Waals surface area (Å²) in [6, 6.07) is 11.2. The molecule has 1 saturated heterocycles. The van der Waals surface area contributed by atoms with Gasteiger partial charge in [-0.1, -0.05) is 56.0 Å². The Morgan fingerprint density at radius 2 is 1.59 bits per heavy atom. The largest absolute Gasteiger partial charge is 0.426 e. The van der Waals surface area contributed by atoms with Crippen LogP contribution in [0.25, 0.3) is 0 Å². The first-order valence-electron chi connectivity index (χ1n) is 11.9. The number of benzene rings is 2. The van der Waals surface area contributed by atoms with Crippen molar-refractivity contribution in [2.24, 2.45) is 0 Å². The maximum Gasteiger partial charge on any atom is 0.426 e. The lowest BCUT2D eigenvalue weighted by atomic mass is 9.63. The predicted octanol–water partition coefficient (Wildman–Crippen LogP) is 7.73. The second-order valence-electron chi connectivity index (χ2n) is 10.1. The van der Waals surface area contributed by atoms with Crippen molar-refractivity contribution >= 4 is 12.4 Å². The van der Waals surface area contributed by atoms with Crippen molar-refractivity contribution in [3.05, 3.63) is 70.5 Å². The average Bonchev–Trinajstić information content (AvgIpc) is 3.03. The molecular weight excluding hydrogens is 469 g/mol. The molecule has 2 aliphatic carbocycles. The van der Waals surface area contributed by atoms with E-state index in [1.54, 1.807) is 18.2 Å². The molecule has 0 aromatic heterocycles. The maximum absolute atomic E-state index is 14.5. The van der Waals surface area contributed by atoms with Gasteiger partial charge in [0.05, 0.1) is 0 Å². The van der Waals surface area contributed by atoms with Crippen molar-refractivity contribution in [3.8, 4) is 0 Å². The van der Waals surface area contributed by atoms with E-state index in [0.29, 0.717) is 19.8 Å². The molecule has 2 fully saturated rings. The normalized spacial score (nSPS) is 27.1. The summed E-state index contributed by atoms with van der Waals surface area (Å²) in [6.45, 7) is 2.68. The summed E-state index contributed by atoms with van der Waals surface area (Å²) in [6.07, 6.45) is 3.90. The summed E-state index contributed by atoms with van der Waals surface area (Å²) in [5.74, 6) is -0.302. The van der Waals surface area contributed by atoms with Crippen molar-refractivity contribution in [3.63, 3.8) is 0 Å². The number of halogens is 6. The van der Waals surface area contributed by atoms with Crippen molar-refractivity contribution < 1.29 is 22.0 Å². The minimum Gasteiger partial charge on any atom is -0.311 e. The van der Waals surface area contributed by atoms with E-state index in [2.05, 4.69) is 12.2 Å². The van der Waals surface area contributed by atoms with Crippen LogP contribution in [0, 0.1) is 5.82 Å². The topological polar surface area (TPSA) is 12.0 Å². The van der Waals surface area contributed by atoms with Gasteiger partial charge in [-0.25, -0.2) is 8.78 Å². The fourth-order valence-corrected chi connectivity index (χ4v) is 5.46. The van der Waals surface area contributed by atoms with Crippen LogP contribution in [0.5, 0.6) is 0 Å². The monoisotopic (exact) mass is 501 g/mol. The summed E-state index contributed by atoms with van der Waals surface area (Å²) in [5, 5.41) is 3.61. The molecule has 7 heteroatoms. The molecule has 5 rings (SSSR count). The van der Waals surface area contributed by atoms with E-state index in [-0.39, 0.29) is 41.3 Å². The lowest BCUT2D eigenvalue weighted by molar-refractivity contribution is -0.228.